The van der Waals surface area contributed by atoms with Gasteiger partial charge in [-0.2, -0.15) is 0 Å². The SMILES string of the molecule is CC[C@@H](C)Oc1ccc(/C=C2/SC(=O)N(c3cccc(Cl)c3)C2=O)cc1Br. The van der Waals surface area contributed by atoms with Gasteiger partial charge in [-0.05, 0) is 83.0 Å². The molecule has 2 amide bonds. The third-order valence-corrected chi connectivity index (χ3v) is 5.74. The molecule has 27 heavy (non-hydrogen) atoms. The van der Waals surface area contributed by atoms with Crippen LogP contribution in [0.3, 0.4) is 0 Å². The molecule has 0 spiro atoms. The van der Waals surface area contributed by atoms with Crippen LogP contribution < -0.4 is 9.64 Å². The van der Waals surface area contributed by atoms with Crippen molar-refractivity contribution in [2.24, 2.45) is 0 Å². The molecule has 0 N–H and O–H groups in total. The Balaban J connectivity index is 1.84. The van der Waals surface area contributed by atoms with Crippen LogP contribution in [0.2, 0.25) is 5.02 Å². The average Bonchev–Trinajstić information content (AvgIpc) is 2.90. The van der Waals surface area contributed by atoms with Crippen LogP contribution in [-0.4, -0.2) is 17.3 Å². The van der Waals surface area contributed by atoms with Gasteiger partial charge in [0.05, 0.1) is 21.2 Å². The molecule has 0 bridgehead atoms. The second kappa shape index (κ2) is 8.50. The Morgan fingerprint density at radius 1 is 1.26 bits per heavy atom. The first-order valence-corrected chi connectivity index (χ1v) is 10.4. The van der Waals surface area contributed by atoms with Gasteiger partial charge in [-0.1, -0.05) is 30.7 Å². The summed E-state index contributed by atoms with van der Waals surface area (Å²) in [4.78, 5) is 26.5. The van der Waals surface area contributed by atoms with Crippen molar-refractivity contribution in [2.75, 3.05) is 4.90 Å². The van der Waals surface area contributed by atoms with Crippen LogP contribution in [-0.2, 0) is 4.79 Å². The second-order valence-corrected chi connectivity index (χ2v) is 8.31. The summed E-state index contributed by atoms with van der Waals surface area (Å²) >= 11 is 10.4. The number of nitrogens with zero attached hydrogens (tertiary/aromatic N) is 1. The van der Waals surface area contributed by atoms with E-state index >= 15 is 0 Å². The summed E-state index contributed by atoms with van der Waals surface area (Å²) in [6.07, 6.45) is 2.72. The molecule has 0 unspecified atom stereocenters. The summed E-state index contributed by atoms with van der Waals surface area (Å²) in [7, 11) is 0. The first-order valence-electron chi connectivity index (χ1n) is 8.38. The molecule has 4 nitrogen and oxygen atoms in total. The van der Waals surface area contributed by atoms with E-state index < -0.39 is 0 Å². The Bertz CT molecular complexity index is 931. The predicted octanol–water partition coefficient (Wildman–Crippen LogP) is 6.52. The summed E-state index contributed by atoms with van der Waals surface area (Å²) in [5.41, 5.74) is 1.27. The molecule has 2 aromatic carbocycles. The van der Waals surface area contributed by atoms with E-state index in [0.29, 0.717) is 15.6 Å². The largest absolute Gasteiger partial charge is 0.490 e. The predicted molar refractivity (Wildman–Crippen MR) is 114 cm³/mol. The molecule has 0 aliphatic carbocycles. The Morgan fingerprint density at radius 2 is 2.04 bits per heavy atom. The highest BCUT2D eigenvalue weighted by Crippen LogP contribution is 2.37. The van der Waals surface area contributed by atoms with Crippen molar-refractivity contribution in [2.45, 2.75) is 26.4 Å². The van der Waals surface area contributed by atoms with Crippen LogP contribution in [0.4, 0.5) is 10.5 Å². The van der Waals surface area contributed by atoms with Crippen LogP contribution in [0.1, 0.15) is 25.8 Å². The number of anilines is 1. The summed E-state index contributed by atoms with van der Waals surface area (Å²) in [5, 5.41) is 0.126. The fourth-order valence-corrected chi connectivity index (χ4v) is 3.98. The van der Waals surface area contributed by atoms with Crippen molar-refractivity contribution >= 4 is 62.2 Å². The van der Waals surface area contributed by atoms with Gasteiger partial charge in [-0.15, -0.1) is 0 Å². The minimum Gasteiger partial charge on any atom is -0.490 e. The van der Waals surface area contributed by atoms with E-state index in [2.05, 4.69) is 22.9 Å². The zero-order valence-corrected chi connectivity index (χ0v) is 17.9. The molecular weight excluding hydrogens is 450 g/mol. The number of benzene rings is 2. The lowest BCUT2D eigenvalue weighted by Crippen LogP contribution is -2.27. The molecular formula is C20H17BrClNO3S. The van der Waals surface area contributed by atoms with E-state index in [-0.39, 0.29) is 17.3 Å². The third kappa shape index (κ3) is 4.57. The van der Waals surface area contributed by atoms with Gasteiger partial charge >= 0.3 is 0 Å². The van der Waals surface area contributed by atoms with Gasteiger partial charge in [0, 0.05) is 5.02 Å². The highest BCUT2D eigenvalue weighted by atomic mass is 79.9. The second-order valence-electron chi connectivity index (χ2n) is 6.02. The van der Waals surface area contributed by atoms with Gasteiger partial charge in [0.25, 0.3) is 11.1 Å². The molecule has 1 heterocycles. The molecule has 0 saturated carbocycles. The number of imide groups is 1. The van der Waals surface area contributed by atoms with E-state index in [9.17, 15) is 9.59 Å². The maximum absolute atomic E-state index is 12.7. The Hall–Kier alpha value is -1.76. The minimum absolute atomic E-state index is 0.112. The Kier molecular flexibility index (Phi) is 6.29. The monoisotopic (exact) mass is 465 g/mol. The molecule has 1 saturated heterocycles. The fraction of sp³-hybridized carbons (Fsp3) is 0.200. The zero-order chi connectivity index (χ0) is 19.6. The molecule has 1 aliphatic heterocycles. The van der Waals surface area contributed by atoms with E-state index in [1.165, 1.54) is 0 Å². The molecule has 1 atom stereocenters. The minimum atomic E-state index is -0.358. The van der Waals surface area contributed by atoms with Crippen molar-refractivity contribution in [3.05, 3.63) is 62.4 Å². The number of thioether (sulfide) groups is 1. The third-order valence-electron chi connectivity index (χ3n) is 4.02. The first-order chi connectivity index (χ1) is 12.9. The topological polar surface area (TPSA) is 46.6 Å². The van der Waals surface area contributed by atoms with Crippen LogP contribution in [0.5, 0.6) is 5.75 Å². The number of hydrogen-bond acceptors (Lipinski definition) is 4. The fourth-order valence-electron chi connectivity index (χ4n) is 2.46. The van der Waals surface area contributed by atoms with Crippen LogP contribution in [0, 0.1) is 0 Å². The lowest BCUT2D eigenvalue weighted by molar-refractivity contribution is -0.113. The lowest BCUT2D eigenvalue weighted by atomic mass is 10.2. The maximum Gasteiger partial charge on any atom is 0.298 e. The summed E-state index contributed by atoms with van der Waals surface area (Å²) < 4.78 is 6.63. The molecule has 1 aliphatic rings. The van der Waals surface area contributed by atoms with Crippen molar-refractivity contribution < 1.29 is 14.3 Å². The lowest BCUT2D eigenvalue weighted by Gasteiger charge is -2.14. The van der Waals surface area contributed by atoms with Crippen molar-refractivity contribution in [3.63, 3.8) is 0 Å². The summed E-state index contributed by atoms with van der Waals surface area (Å²) in [6, 6.07) is 12.3. The van der Waals surface area contributed by atoms with Gasteiger partial charge < -0.3 is 4.74 Å². The Labute approximate surface area is 175 Å². The quantitative estimate of drug-likeness (QED) is 0.471. The summed E-state index contributed by atoms with van der Waals surface area (Å²) in [6.45, 7) is 4.06. The Morgan fingerprint density at radius 3 is 2.70 bits per heavy atom. The molecule has 0 aromatic heterocycles. The number of carbonyl (C=O) groups excluding carboxylic acids is 2. The molecule has 140 valence electrons. The van der Waals surface area contributed by atoms with Gasteiger partial charge in [0.2, 0.25) is 0 Å². The van der Waals surface area contributed by atoms with Crippen LogP contribution >= 0.6 is 39.3 Å². The van der Waals surface area contributed by atoms with E-state index in [0.717, 1.165) is 38.9 Å². The zero-order valence-electron chi connectivity index (χ0n) is 14.7. The van der Waals surface area contributed by atoms with Gasteiger partial charge in [-0.25, -0.2) is 4.90 Å². The smallest absolute Gasteiger partial charge is 0.298 e. The van der Waals surface area contributed by atoms with Crippen molar-refractivity contribution in [1.29, 1.82) is 0 Å². The van der Waals surface area contributed by atoms with Crippen LogP contribution in [0.15, 0.2) is 51.8 Å². The first kappa shape index (κ1) is 20.0. The van der Waals surface area contributed by atoms with Gasteiger partial charge in [-0.3, -0.25) is 9.59 Å². The number of hydrogen-bond donors (Lipinski definition) is 0. The van der Waals surface area contributed by atoms with Crippen LogP contribution in [0.25, 0.3) is 6.08 Å². The molecule has 7 heteroatoms. The van der Waals surface area contributed by atoms with Crippen molar-refractivity contribution in [3.8, 4) is 5.75 Å². The summed E-state index contributed by atoms with van der Waals surface area (Å²) in [5.74, 6) is 0.386. The normalized spacial score (nSPS) is 16.9. The molecule has 2 aromatic rings. The van der Waals surface area contributed by atoms with Gasteiger partial charge in [0.1, 0.15) is 5.75 Å². The number of carbonyl (C=O) groups is 2. The molecule has 1 fully saturated rings. The number of amides is 2. The highest BCUT2D eigenvalue weighted by Gasteiger charge is 2.36. The molecule has 0 radical (unpaired) electrons. The molecule has 3 rings (SSSR count). The average molecular weight is 467 g/mol. The number of rotatable bonds is 5. The highest BCUT2D eigenvalue weighted by molar-refractivity contribution is 9.10. The van der Waals surface area contributed by atoms with E-state index in [1.807, 2.05) is 25.1 Å². The maximum atomic E-state index is 12.7. The standard InChI is InChI=1S/C20H17BrClNO3S/c1-3-12(2)26-17-8-7-13(9-16(17)21)10-18-19(24)23(20(25)27-18)15-6-4-5-14(22)11-15/h4-12H,3H2,1-2H3/b18-10+/t12-/m1/s1. The van der Waals surface area contributed by atoms with E-state index in [1.54, 1.807) is 30.3 Å². The van der Waals surface area contributed by atoms with E-state index in [4.69, 9.17) is 16.3 Å². The van der Waals surface area contributed by atoms with Crippen molar-refractivity contribution in [1.82, 2.24) is 0 Å². The van der Waals surface area contributed by atoms with Gasteiger partial charge in [0.15, 0.2) is 0 Å². The number of halogens is 2. The number of ether oxygens (including phenoxy) is 1.